The quantitative estimate of drug-likeness (QED) is 0.529. The molecule has 1 amide bonds. The highest BCUT2D eigenvalue weighted by molar-refractivity contribution is 7.16. The predicted molar refractivity (Wildman–Crippen MR) is 113 cm³/mol. The number of ether oxygens (including phenoxy) is 2. The van der Waals surface area contributed by atoms with Crippen LogP contribution in [0.2, 0.25) is 5.02 Å². The van der Waals surface area contributed by atoms with Gasteiger partial charge in [0.2, 0.25) is 0 Å². The fourth-order valence-electron chi connectivity index (χ4n) is 2.81. The Bertz CT molecular complexity index is 1090. The van der Waals surface area contributed by atoms with Crippen LogP contribution in [0.5, 0.6) is 5.75 Å². The molecule has 0 fully saturated rings. The third-order valence-corrected chi connectivity index (χ3v) is 5.32. The van der Waals surface area contributed by atoms with Crippen molar-refractivity contribution in [1.82, 2.24) is 4.57 Å². The molecule has 3 rings (SSSR count). The molecule has 8 heteroatoms. The number of rotatable bonds is 7. The molecule has 0 aliphatic carbocycles. The van der Waals surface area contributed by atoms with E-state index in [0.717, 1.165) is 21.5 Å². The number of hydrogen-bond acceptors (Lipinski definition) is 5. The number of hydrogen-bond donors (Lipinski definition) is 0. The van der Waals surface area contributed by atoms with Gasteiger partial charge in [-0.2, -0.15) is 4.99 Å². The van der Waals surface area contributed by atoms with Crippen molar-refractivity contribution >= 4 is 45.0 Å². The number of aromatic nitrogens is 1. The van der Waals surface area contributed by atoms with E-state index < -0.39 is 0 Å². The highest BCUT2D eigenvalue weighted by Crippen LogP contribution is 2.22. The van der Waals surface area contributed by atoms with E-state index in [0.29, 0.717) is 16.4 Å². The molecule has 0 radical (unpaired) electrons. The number of halogens is 1. The molecule has 0 unspecified atom stereocenters. The third-order valence-electron chi connectivity index (χ3n) is 4.05. The highest BCUT2D eigenvalue weighted by Gasteiger charge is 2.13. The first-order chi connectivity index (χ1) is 14.0. The van der Waals surface area contributed by atoms with Gasteiger partial charge in [0.05, 0.1) is 29.9 Å². The van der Waals surface area contributed by atoms with E-state index in [4.69, 9.17) is 21.1 Å². The van der Waals surface area contributed by atoms with Crippen molar-refractivity contribution in [3.8, 4) is 5.75 Å². The Morgan fingerprint density at radius 1 is 1.10 bits per heavy atom. The molecule has 1 heterocycles. The van der Waals surface area contributed by atoms with E-state index in [9.17, 15) is 9.59 Å². The largest absolute Gasteiger partial charge is 0.494 e. The number of amides is 1. The van der Waals surface area contributed by atoms with E-state index in [2.05, 4.69) is 4.99 Å². The summed E-state index contributed by atoms with van der Waals surface area (Å²) < 4.78 is 13.0. The van der Waals surface area contributed by atoms with E-state index >= 15 is 0 Å². The fraction of sp³-hybridized carbons (Fsp3) is 0.286. The molecule has 0 aliphatic rings. The van der Waals surface area contributed by atoms with Crippen LogP contribution in [-0.2, 0) is 27.3 Å². The summed E-state index contributed by atoms with van der Waals surface area (Å²) in [6.45, 7) is 4.52. The average molecular weight is 433 g/mol. The van der Waals surface area contributed by atoms with Crippen LogP contribution in [0.3, 0.4) is 0 Å². The van der Waals surface area contributed by atoms with Gasteiger partial charge in [-0.15, -0.1) is 0 Å². The summed E-state index contributed by atoms with van der Waals surface area (Å²) in [7, 11) is 0. The Labute approximate surface area is 177 Å². The molecule has 0 atom stereocenters. The molecule has 0 saturated carbocycles. The number of nitrogens with zero attached hydrogens (tertiary/aromatic N) is 2. The number of benzene rings is 2. The topological polar surface area (TPSA) is 69.9 Å². The standard InChI is InChI=1S/C21H21ClN2O4S/c1-3-27-16-8-5-14(6-9-16)11-19(25)23-21-24(13-20(26)28-4-2)17-10-7-15(22)12-18(17)29-21/h5-10,12H,3-4,11,13H2,1-2H3. The van der Waals surface area contributed by atoms with E-state index in [1.807, 2.05) is 37.3 Å². The summed E-state index contributed by atoms with van der Waals surface area (Å²) >= 11 is 7.39. The molecular formula is C21H21ClN2O4S. The van der Waals surface area contributed by atoms with Crippen molar-refractivity contribution < 1.29 is 19.1 Å². The first-order valence-corrected chi connectivity index (χ1v) is 10.4. The van der Waals surface area contributed by atoms with E-state index in [-0.39, 0.29) is 31.4 Å². The maximum atomic E-state index is 12.6. The van der Waals surface area contributed by atoms with Gasteiger partial charge in [-0.1, -0.05) is 35.1 Å². The maximum absolute atomic E-state index is 12.6. The van der Waals surface area contributed by atoms with Gasteiger partial charge in [0.1, 0.15) is 12.3 Å². The summed E-state index contributed by atoms with van der Waals surface area (Å²) in [5.74, 6) is 0.0706. The average Bonchev–Trinajstić information content (AvgIpc) is 2.99. The SMILES string of the molecule is CCOC(=O)Cn1c(=NC(=O)Cc2ccc(OCC)cc2)sc2cc(Cl)ccc21. The molecule has 29 heavy (non-hydrogen) atoms. The second-order valence-electron chi connectivity index (χ2n) is 6.15. The van der Waals surface area contributed by atoms with Crippen molar-refractivity contribution in [2.45, 2.75) is 26.8 Å². The van der Waals surface area contributed by atoms with Gasteiger partial charge in [-0.25, -0.2) is 0 Å². The normalized spacial score (nSPS) is 11.6. The van der Waals surface area contributed by atoms with Crippen LogP contribution in [-0.4, -0.2) is 29.7 Å². The first-order valence-electron chi connectivity index (χ1n) is 9.24. The second kappa shape index (κ2) is 9.71. The van der Waals surface area contributed by atoms with Crippen LogP contribution < -0.4 is 9.54 Å². The van der Waals surface area contributed by atoms with Gasteiger partial charge >= 0.3 is 5.97 Å². The molecule has 6 nitrogen and oxygen atoms in total. The summed E-state index contributed by atoms with van der Waals surface area (Å²) in [6, 6.07) is 12.7. The molecule has 0 saturated heterocycles. The number of carbonyl (C=O) groups excluding carboxylic acids is 2. The van der Waals surface area contributed by atoms with Crippen molar-refractivity contribution in [2.75, 3.05) is 13.2 Å². The molecule has 0 bridgehead atoms. The third kappa shape index (κ3) is 5.46. The van der Waals surface area contributed by atoms with E-state index in [1.165, 1.54) is 11.3 Å². The van der Waals surface area contributed by atoms with Gasteiger partial charge in [-0.3, -0.25) is 9.59 Å². The lowest BCUT2D eigenvalue weighted by atomic mass is 10.1. The molecule has 152 valence electrons. The van der Waals surface area contributed by atoms with Crippen LogP contribution in [0, 0.1) is 0 Å². The summed E-state index contributed by atoms with van der Waals surface area (Å²) in [5.41, 5.74) is 1.61. The van der Waals surface area contributed by atoms with Crippen LogP contribution in [0.25, 0.3) is 10.2 Å². The van der Waals surface area contributed by atoms with Crippen molar-refractivity contribution in [3.05, 3.63) is 57.9 Å². The van der Waals surface area contributed by atoms with Crippen LogP contribution in [0.4, 0.5) is 0 Å². The fourth-order valence-corrected chi connectivity index (χ4v) is 4.13. The molecule has 1 aromatic heterocycles. The zero-order chi connectivity index (χ0) is 20.8. The molecule has 0 aliphatic heterocycles. The number of thiazole rings is 1. The van der Waals surface area contributed by atoms with E-state index in [1.54, 1.807) is 23.6 Å². The van der Waals surface area contributed by atoms with Crippen LogP contribution in [0.15, 0.2) is 47.5 Å². The van der Waals surface area contributed by atoms with Gasteiger partial charge < -0.3 is 14.0 Å². The maximum Gasteiger partial charge on any atom is 0.326 e. The Morgan fingerprint density at radius 2 is 1.86 bits per heavy atom. The monoisotopic (exact) mass is 432 g/mol. The number of carbonyl (C=O) groups is 2. The smallest absolute Gasteiger partial charge is 0.326 e. The van der Waals surface area contributed by atoms with Crippen LogP contribution in [0.1, 0.15) is 19.4 Å². The van der Waals surface area contributed by atoms with Crippen molar-refractivity contribution in [3.63, 3.8) is 0 Å². The minimum atomic E-state index is -0.387. The number of fused-ring (bicyclic) bond motifs is 1. The van der Waals surface area contributed by atoms with Crippen molar-refractivity contribution in [1.29, 1.82) is 0 Å². The lowest BCUT2D eigenvalue weighted by molar-refractivity contribution is -0.143. The van der Waals surface area contributed by atoms with Gasteiger partial charge in [-0.05, 0) is 49.7 Å². The lowest BCUT2D eigenvalue weighted by Gasteiger charge is -2.05. The molecule has 3 aromatic rings. The van der Waals surface area contributed by atoms with Gasteiger partial charge in [0, 0.05) is 5.02 Å². The Morgan fingerprint density at radius 3 is 2.55 bits per heavy atom. The van der Waals surface area contributed by atoms with Crippen molar-refractivity contribution in [2.24, 2.45) is 4.99 Å². The highest BCUT2D eigenvalue weighted by atomic mass is 35.5. The minimum absolute atomic E-state index is 0.0232. The van der Waals surface area contributed by atoms with Gasteiger partial charge in [0.25, 0.3) is 5.91 Å². The molecule has 0 N–H and O–H groups in total. The Hall–Kier alpha value is -2.64. The zero-order valence-corrected chi connectivity index (χ0v) is 17.8. The lowest BCUT2D eigenvalue weighted by Crippen LogP contribution is -2.23. The van der Waals surface area contributed by atoms with Gasteiger partial charge in [0.15, 0.2) is 4.80 Å². The van der Waals surface area contributed by atoms with Crippen LogP contribution >= 0.6 is 22.9 Å². The summed E-state index contributed by atoms with van der Waals surface area (Å²) in [4.78, 5) is 29.3. The summed E-state index contributed by atoms with van der Waals surface area (Å²) in [6.07, 6.45) is 0.154. The Balaban J connectivity index is 1.90. The predicted octanol–water partition coefficient (Wildman–Crippen LogP) is 3.99. The zero-order valence-electron chi connectivity index (χ0n) is 16.2. The first kappa shape index (κ1) is 21.1. The molecule has 2 aromatic carbocycles. The second-order valence-corrected chi connectivity index (χ2v) is 7.59. The molecule has 0 spiro atoms. The molecular weight excluding hydrogens is 412 g/mol. The number of esters is 1. The summed E-state index contributed by atoms with van der Waals surface area (Å²) in [5, 5.41) is 0.578. The minimum Gasteiger partial charge on any atom is -0.494 e. The Kier molecular flexibility index (Phi) is 7.06.